The summed E-state index contributed by atoms with van der Waals surface area (Å²) in [5.41, 5.74) is 7.97. The molecule has 0 radical (unpaired) electrons. The first kappa shape index (κ1) is 35.0. The molecule has 6 nitrogen and oxygen atoms in total. The lowest BCUT2D eigenvalue weighted by atomic mass is 10.1. The molecular formula is C44H44N6Si2. The molecule has 0 bridgehead atoms. The van der Waals surface area contributed by atoms with E-state index in [4.69, 9.17) is 29.9 Å². The van der Waals surface area contributed by atoms with Crippen LogP contribution < -0.4 is 10.4 Å². The molecule has 0 aliphatic rings. The Bertz CT molecular complexity index is 2170. The van der Waals surface area contributed by atoms with Crippen LogP contribution in [-0.4, -0.2) is 46.1 Å². The molecule has 0 saturated carbocycles. The second-order valence-electron chi connectivity index (χ2n) is 15.6. The summed E-state index contributed by atoms with van der Waals surface area (Å²) < 4.78 is 0. The van der Waals surface area contributed by atoms with Crippen molar-refractivity contribution >= 4 is 26.5 Å². The molecule has 7 aromatic rings. The van der Waals surface area contributed by atoms with Crippen LogP contribution in [0.1, 0.15) is 11.1 Å². The van der Waals surface area contributed by atoms with Gasteiger partial charge < -0.3 is 0 Å². The van der Waals surface area contributed by atoms with Crippen molar-refractivity contribution in [3.05, 3.63) is 132 Å². The van der Waals surface area contributed by atoms with Crippen molar-refractivity contribution in [2.75, 3.05) is 0 Å². The zero-order chi connectivity index (χ0) is 36.6. The van der Waals surface area contributed by atoms with Gasteiger partial charge in [-0.3, -0.25) is 0 Å². The lowest BCUT2D eigenvalue weighted by Crippen LogP contribution is -2.37. The predicted octanol–water partition coefficient (Wildman–Crippen LogP) is 9.77. The summed E-state index contributed by atoms with van der Waals surface area (Å²) in [6.45, 7) is 18.3. The number of rotatable bonds is 8. The Kier molecular flexibility index (Phi) is 9.37. The Hall–Kier alpha value is -5.45. The summed E-state index contributed by atoms with van der Waals surface area (Å²) in [6.07, 6.45) is 0. The first-order valence-electron chi connectivity index (χ1n) is 17.8. The van der Waals surface area contributed by atoms with Gasteiger partial charge in [0.15, 0.2) is 34.9 Å². The molecule has 0 atom stereocenters. The maximum absolute atomic E-state index is 5.00. The van der Waals surface area contributed by atoms with Crippen molar-refractivity contribution in [2.45, 2.75) is 53.1 Å². The van der Waals surface area contributed by atoms with Crippen LogP contribution in [-0.2, 0) is 0 Å². The van der Waals surface area contributed by atoms with Gasteiger partial charge in [-0.2, -0.15) is 0 Å². The van der Waals surface area contributed by atoms with Crippen LogP contribution in [0.3, 0.4) is 0 Å². The van der Waals surface area contributed by atoms with Crippen molar-refractivity contribution < 1.29 is 0 Å². The van der Waals surface area contributed by atoms with Crippen LogP contribution in [0.25, 0.3) is 68.3 Å². The van der Waals surface area contributed by atoms with Crippen LogP contribution >= 0.6 is 0 Å². The largest absolute Gasteiger partial charge is 0.208 e. The number of hydrogen-bond acceptors (Lipinski definition) is 6. The molecule has 0 aliphatic carbocycles. The van der Waals surface area contributed by atoms with Gasteiger partial charge in [-0.25, -0.2) is 29.9 Å². The van der Waals surface area contributed by atoms with E-state index in [0.29, 0.717) is 34.9 Å². The van der Waals surface area contributed by atoms with Gasteiger partial charge in [0.1, 0.15) is 0 Å². The van der Waals surface area contributed by atoms with Crippen LogP contribution in [0.15, 0.2) is 121 Å². The second-order valence-corrected chi connectivity index (χ2v) is 25.7. The number of nitrogens with zero attached hydrogens (tertiary/aromatic N) is 6. The van der Waals surface area contributed by atoms with Gasteiger partial charge in [-0.05, 0) is 13.8 Å². The summed E-state index contributed by atoms with van der Waals surface area (Å²) in [5.74, 6) is 3.81. The summed E-state index contributed by atoms with van der Waals surface area (Å²) in [5, 5.41) is 2.80. The Labute approximate surface area is 309 Å². The first-order valence-corrected chi connectivity index (χ1v) is 24.8. The molecule has 0 aliphatic heterocycles. The maximum Gasteiger partial charge on any atom is 0.164 e. The molecule has 52 heavy (non-hydrogen) atoms. The highest BCUT2D eigenvalue weighted by atomic mass is 28.3. The smallest absolute Gasteiger partial charge is 0.164 e. The zero-order valence-electron chi connectivity index (χ0n) is 31.2. The molecule has 0 N–H and O–H groups in total. The fraction of sp³-hybridized carbons (Fsp3) is 0.182. The van der Waals surface area contributed by atoms with Gasteiger partial charge in [0, 0.05) is 33.4 Å². The van der Waals surface area contributed by atoms with Crippen molar-refractivity contribution in [3.63, 3.8) is 0 Å². The molecule has 5 aromatic carbocycles. The molecule has 0 amide bonds. The van der Waals surface area contributed by atoms with Crippen LogP contribution in [0.5, 0.6) is 0 Å². The second kappa shape index (κ2) is 13.9. The molecule has 7 rings (SSSR count). The Morgan fingerprint density at radius 2 is 0.442 bits per heavy atom. The molecule has 0 fully saturated rings. The highest BCUT2D eigenvalue weighted by Crippen LogP contribution is 2.29. The SMILES string of the molecule is Cc1ccc(-c2nc(-c3ccc(-c4nc(-c5ccc(C)cc5)nc(-c5ccc([Si](C)(C)C)cc5)n4)cc3)nc(-c3ccc([Si](C)(C)C)cc3)n2)cc1. The highest BCUT2D eigenvalue weighted by Gasteiger charge is 2.19. The van der Waals surface area contributed by atoms with E-state index in [-0.39, 0.29) is 0 Å². The van der Waals surface area contributed by atoms with E-state index in [1.807, 2.05) is 24.3 Å². The molecule has 2 aromatic heterocycles. The van der Waals surface area contributed by atoms with Crippen LogP contribution in [0.2, 0.25) is 39.3 Å². The first-order chi connectivity index (χ1) is 24.8. The molecule has 0 saturated heterocycles. The lowest BCUT2D eigenvalue weighted by molar-refractivity contribution is 1.07. The van der Waals surface area contributed by atoms with Crippen LogP contribution in [0.4, 0.5) is 0 Å². The standard InChI is InChI=1S/C44H44N6Si2/c1-29-9-13-31(14-10-29)39-45-41(49-43(47-39)35-21-25-37(26-22-35)51(3,4)5)33-17-19-34(20-18-33)42-46-40(32-15-11-30(2)12-16-32)48-44(50-42)36-23-27-38(28-24-36)52(6,7)8/h9-28H,1-8H3. The zero-order valence-corrected chi connectivity index (χ0v) is 33.2. The highest BCUT2D eigenvalue weighted by molar-refractivity contribution is 6.89. The van der Waals surface area contributed by atoms with E-state index in [1.54, 1.807) is 0 Å². The topological polar surface area (TPSA) is 77.3 Å². The van der Waals surface area contributed by atoms with Crippen molar-refractivity contribution in [3.8, 4) is 68.3 Å². The normalized spacial score (nSPS) is 11.8. The Balaban J connectivity index is 1.29. The summed E-state index contributed by atoms with van der Waals surface area (Å²) in [7, 11) is -2.89. The summed E-state index contributed by atoms with van der Waals surface area (Å²) in [6, 6.07) is 42.2. The van der Waals surface area contributed by atoms with E-state index in [1.165, 1.54) is 21.5 Å². The van der Waals surface area contributed by atoms with Crippen molar-refractivity contribution in [1.29, 1.82) is 0 Å². The Morgan fingerprint density at radius 3 is 0.635 bits per heavy atom. The summed E-state index contributed by atoms with van der Waals surface area (Å²) >= 11 is 0. The minimum atomic E-state index is -1.45. The third kappa shape index (κ3) is 7.73. The van der Waals surface area contributed by atoms with Gasteiger partial charge in [0.2, 0.25) is 0 Å². The molecular weight excluding hydrogens is 669 g/mol. The fourth-order valence-electron chi connectivity index (χ4n) is 5.94. The molecule has 8 heteroatoms. The maximum atomic E-state index is 5.00. The number of benzene rings is 5. The van der Waals surface area contributed by atoms with Crippen LogP contribution in [0, 0.1) is 13.8 Å². The predicted molar refractivity (Wildman–Crippen MR) is 221 cm³/mol. The lowest BCUT2D eigenvalue weighted by Gasteiger charge is -2.17. The summed E-state index contributed by atoms with van der Waals surface area (Å²) in [4.78, 5) is 29.9. The van der Waals surface area contributed by atoms with E-state index in [9.17, 15) is 0 Å². The quantitative estimate of drug-likeness (QED) is 0.146. The average molecular weight is 713 g/mol. The third-order valence-corrected chi connectivity index (χ3v) is 13.4. The van der Waals surface area contributed by atoms with Crippen molar-refractivity contribution in [1.82, 2.24) is 29.9 Å². The molecule has 0 spiro atoms. The van der Waals surface area contributed by atoms with Gasteiger partial charge in [0.05, 0.1) is 16.1 Å². The number of hydrogen-bond donors (Lipinski definition) is 0. The minimum absolute atomic E-state index is 0.612. The molecule has 0 unspecified atom stereocenters. The van der Waals surface area contributed by atoms with E-state index in [0.717, 1.165) is 33.4 Å². The van der Waals surface area contributed by atoms with Gasteiger partial charge in [-0.1, -0.05) is 182 Å². The number of aromatic nitrogens is 6. The van der Waals surface area contributed by atoms with E-state index in [2.05, 4.69) is 150 Å². The monoisotopic (exact) mass is 712 g/mol. The third-order valence-electron chi connectivity index (χ3n) is 9.31. The van der Waals surface area contributed by atoms with E-state index >= 15 is 0 Å². The van der Waals surface area contributed by atoms with E-state index < -0.39 is 16.1 Å². The van der Waals surface area contributed by atoms with Gasteiger partial charge in [-0.15, -0.1) is 0 Å². The Morgan fingerprint density at radius 1 is 0.269 bits per heavy atom. The fourth-order valence-corrected chi connectivity index (χ4v) is 8.27. The molecule has 2 heterocycles. The van der Waals surface area contributed by atoms with Gasteiger partial charge >= 0.3 is 0 Å². The number of aryl methyl sites for hydroxylation is 2. The van der Waals surface area contributed by atoms with Gasteiger partial charge in [0.25, 0.3) is 0 Å². The average Bonchev–Trinajstić information content (AvgIpc) is 3.14. The van der Waals surface area contributed by atoms with Crippen molar-refractivity contribution in [2.24, 2.45) is 0 Å². The minimum Gasteiger partial charge on any atom is -0.208 e. The molecule has 258 valence electrons.